The molecule has 0 aliphatic carbocycles. The van der Waals surface area contributed by atoms with Crippen LogP contribution in [0.1, 0.15) is 22.3 Å². The quantitative estimate of drug-likeness (QED) is 0.390. The molecule has 0 fully saturated rings. The van der Waals surface area contributed by atoms with Crippen molar-refractivity contribution in [1.29, 1.82) is 0 Å². The van der Waals surface area contributed by atoms with Crippen LogP contribution in [0.3, 0.4) is 0 Å². The first kappa shape index (κ1) is 14.5. The lowest BCUT2D eigenvalue weighted by atomic mass is 10.1. The van der Waals surface area contributed by atoms with Crippen LogP contribution in [0.2, 0.25) is 0 Å². The number of rotatable bonds is 3. The summed E-state index contributed by atoms with van der Waals surface area (Å²) >= 11 is 1.63. The van der Waals surface area contributed by atoms with E-state index in [4.69, 9.17) is 10.9 Å². The SMILES string of the molecule is Cc1ccc(Sc2ccc(C)cc2/C(N)=N/O)c(C)c1. The zero-order chi connectivity index (χ0) is 14.7. The summed E-state index contributed by atoms with van der Waals surface area (Å²) in [5, 5.41) is 12.0. The van der Waals surface area contributed by atoms with Gasteiger partial charge in [0.25, 0.3) is 0 Å². The van der Waals surface area contributed by atoms with Gasteiger partial charge in [-0.2, -0.15) is 0 Å². The molecule has 0 saturated heterocycles. The number of amidine groups is 1. The topological polar surface area (TPSA) is 58.6 Å². The molecule has 2 aromatic rings. The van der Waals surface area contributed by atoms with E-state index in [0.717, 1.165) is 16.0 Å². The zero-order valence-electron chi connectivity index (χ0n) is 11.8. The molecule has 0 spiro atoms. The Bertz CT molecular complexity index is 666. The van der Waals surface area contributed by atoms with Gasteiger partial charge in [0.15, 0.2) is 5.84 Å². The summed E-state index contributed by atoms with van der Waals surface area (Å²) < 4.78 is 0. The van der Waals surface area contributed by atoms with E-state index >= 15 is 0 Å². The van der Waals surface area contributed by atoms with E-state index in [0.29, 0.717) is 0 Å². The average Bonchev–Trinajstić information content (AvgIpc) is 2.42. The molecule has 0 saturated carbocycles. The van der Waals surface area contributed by atoms with Gasteiger partial charge in [0, 0.05) is 15.4 Å². The lowest BCUT2D eigenvalue weighted by Crippen LogP contribution is -2.14. The van der Waals surface area contributed by atoms with Crippen molar-refractivity contribution in [2.24, 2.45) is 10.9 Å². The van der Waals surface area contributed by atoms with Gasteiger partial charge in [0.05, 0.1) is 0 Å². The van der Waals surface area contributed by atoms with Crippen molar-refractivity contribution in [3.05, 3.63) is 58.7 Å². The fourth-order valence-corrected chi connectivity index (χ4v) is 3.02. The normalized spacial score (nSPS) is 11.7. The monoisotopic (exact) mass is 286 g/mol. The second-order valence-corrected chi connectivity index (χ2v) is 5.94. The number of nitrogens with two attached hydrogens (primary N) is 1. The van der Waals surface area contributed by atoms with Crippen molar-refractivity contribution in [1.82, 2.24) is 0 Å². The predicted octanol–water partition coefficient (Wildman–Crippen LogP) is 3.86. The van der Waals surface area contributed by atoms with Crippen LogP contribution in [0.4, 0.5) is 0 Å². The molecule has 3 N–H and O–H groups in total. The van der Waals surface area contributed by atoms with Crippen LogP contribution < -0.4 is 5.73 Å². The molecule has 0 atom stereocenters. The summed E-state index contributed by atoms with van der Waals surface area (Å²) in [5.41, 5.74) is 10.1. The molecule has 0 heterocycles. The Hall–Kier alpha value is -1.94. The molecule has 0 radical (unpaired) electrons. The van der Waals surface area contributed by atoms with Crippen LogP contribution in [0.5, 0.6) is 0 Å². The largest absolute Gasteiger partial charge is 0.409 e. The lowest BCUT2D eigenvalue weighted by Gasteiger charge is -2.11. The number of nitrogens with zero attached hydrogens (tertiary/aromatic N) is 1. The first-order chi connectivity index (χ1) is 9.51. The van der Waals surface area contributed by atoms with Crippen molar-refractivity contribution in [3.8, 4) is 0 Å². The summed E-state index contributed by atoms with van der Waals surface area (Å²) in [6, 6.07) is 12.3. The molecule has 0 bridgehead atoms. The first-order valence-corrected chi connectivity index (χ1v) is 7.16. The Morgan fingerprint density at radius 1 is 1.00 bits per heavy atom. The van der Waals surface area contributed by atoms with Gasteiger partial charge in [-0.05, 0) is 44.5 Å². The Morgan fingerprint density at radius 3 is 2.20 bits per heavy atom. The maximum Gasteiger partial charge on any atom is 0.171 e. The third-order valence-corrected chi connectivity index (χ3v) is 4.32. The van der Waals surface area contributed by atoms with E-state index in [1.165, 1.54) is 16.0 Å². The molecule has 2 aromatic carbocycles. The van der Waals surface area contributed by atoms with Crippen molar-refractivity contribution >= 4 is 17.6 Å². The number of aryl methyl sites for hydroxylation is 3. The molecule has 0 unspecified atom stereocenters. The van der Waals surface area contributed by atoms with Crippen molar-refractivity contribution in [2.45, 2.75) is 30.6 Å². The average molecular weight is 286 g/mol. The minimum atomic E-state index is 0.140. The van der Waals surface area contributed by atoms with Crippen LogP contribution in [0.25, 0.3) is 0 Å². The van der Waals surface area contributed by atoms with Gasteiger partial charge in [-0.1, -0.05) is 46.2 Å². The second-order valence-electron chi connectivity index (χ2n) is 4.86. The Kier molecular flexibility index (Phi) is 4.35. The summed E-state index contributed by atoms with van der Waals surface area (Å²) in [5.74, 6) is 0.140. The van der Waals surface area contributed by atoms with Crippen LogP contribution in [0, 0.1) is 20.8 Å². The molecule has 2 rings (SSSR count). The zero-order valence-corrected chi connectivity index (χ0v) is 12.7. The van der Waals surface area contributed by atoms with Gasteiger partial charge in [-0.25, -0.2) is 0 Å². The fourth-order valence-electron chi connectivity index (χ4n) is 2.02. The minimum absolute atomic E-state index is 0.140. The van der Waals surface area contributed by atoms with Gasteiger partial charge in [-0.15, -0.1) is 0 Å². The lowest BCUT2D eigenvalue weighted by molar-refractivity contribution is 0.318. The Morgan fingerprint density at radius 2 is 1.60 bits per heavy atom. The smallest absolute Gasteiger partial charge is 0.171 e. The number of hydrogen-bond acceptors (Lipinski definition) is 3. The third kappa shape index (κ3) is 3.14. The van der Waals surface area contributed by atoms with Gasteiger partial charge in [-0.3, -0.25) is 0 Å². The van der Waals surface area contributed by atoms with Crippen LogP contribution in [-0.4, -0.2) is 11.0 Å². The van der Waals surface area contributed by atoms with Gasteiger partial charge in [0.1, 0.15) is 0 Å². The predicted molar refractivity (Wildman–Crippen MR) is 83.7 cm³/mol. The number of oxime groups is 1. The molecule has 4 heteroatoms. The van der Waals surface area contributed by atoms with Crippen molar-refractivity contribution < 1.29 is 5.21 Å². The highest BCUT2D eigenvalue weighted by molar-refractivity contribution is 7.99. The van der Waals surface area contributed by atoms with Gasteiger partial charge >= 0.3 is 0 Å². The van der Waals surface area contributed by atoms with Crippen molar-refractivity contribution in [2.75, 3.05) is 0 Å². The van der Waals surface area contributed by atoms with E-state index in [1.807, 2.05) is 25.1 Å². The Labute approximate surface area is 123 Å². The van der Waals surface area contributed by atoms with Crippen LogP contribution >= 0.6 is 11.8 Å². The van der Waals surface area contributed by atoms with E-state index in [9.17, 15) is 0 Å². The van der Waals surface area contributed by atoms with E-state index in [2.05, 4.69) is 37.2 Å². The summed E-state index contributed by atoms with van der Waals surface area (Å²) in [7, 11) is 0. The molecule has 3 nitrogen and oxygen atoms in total. The summed E-state index contributed by atoms with van der Waals surface area (Å²) in [6.45, 7) is 6.15. The number of benzene rings is 2. The molecule has 0 amide bonds. The highest BCUT2D eigenvalue weighted by atomic mass is 32.2. The molecule has 0 aliphatic rings. The highest BCUT2D eigenvalue weighted by Crippen LogP contribution is 2.33. The fraction of sp³-hybridized carbons (Fsp3) is 0.188. The summed E-state index contributed by atoms with van der Waals surface area (Å²) in [4.78, 5) is 2.16. The number of hydrogen-bond donors (Lipinski definition) is 2. The van der Waals surface area contributed by atoms with E-state index in [1.54, 1.807) is 11.8 Å². The van der Waals surface area contributed by atoms with Crippen LogP contribution in [-0.2, 0) is 0 Å². The molecular weight excluding hydrogens is 268 g/mol. The molecular formula is C16H18N2OS. The molecule has 20 heavy (non-hydrogen) atoms. The molecule has 104 valence electrons. The summed E-state index contributed by atoms with van der Waals surface area (Å²) in [6.07, 6.45) is 0. The second kappa shape index (κ2) is 6.01. The standard InChI is InChI=1S/C16H18N2OS/c1-10-4-6-14(12(3)8-10)20-15-7-5-11(2)9-13(15)16(17)18-19/h4-9,19H,1-3H3,(H2,17,18). The maximum atomic E-state index is 8.91. The Balaban J connectivity index is 2.43. The molecule has 0 aromatic heterocycles. The third-order valence-electron chi connectivity index (χ3n) is 3.07. The van der Waals surface area contributed by atoms with Crippen LogP contribution in [0.15, 0.2) is 51.3 Å². The first-order valence-electron chi connectivity index (χ1n) is 6.35. The van der Waals surface area contributed by atoms with E-state index in [-0.39, 0.29) is 5.84 Å². The van der Waals surface area contributed by atoms with E-state index < -0.39 is 0 Å². The van der Waals surface area contributed by atoms with Gasteiger partial charge in [0.2, 0.25) is 0 Å². The highest BCUT2D eigenvalue weighted by Gasteiger charge is 2.10. The maximum absolute atomic E-state index is 8.91. The minimum Gasteiger partial charge on any atom is -0.409 e. The van der Waals surface area contributed by atoms with Crippen molar-refractivity contribution in [3.63, 3.8) is 0 Å². The molecule has 0 aliphatic heterocycles. The van der Waals surface area contributed by atoms with Gasteiger partial charge < -0.3 is 10.9 Å².